The molecule has 1 aromatic carbocycles. The number of anilines is 1. The lowest BCUT2D eigenvalue weighted by atomic mass is 10.0. The van der Waals surface area contributed by atoms with Crippen molar-refractivity contribution < 1.29 is 19.1 Å². The van der Waals surface area contributed by atoms with Crippen molar-refractivity contribution in [3.63, 3.8) is 0 Å². The van der Waals surface area contributed by atoms with Gasteiger partial charge in [0.1, 0.15) is 12.5 Å². The van der Waals surface area contributed by atoms with Crippen LogP contribution in [0.3, 0.4) is 0 Å². The van der Waals surface area contributed by atoms with Crippen molar-refractivity contribution in [3.8, 4) is 5.75 Å². The van der Waals surface area contributed by atoms with Crippen molar-refractivity contribution >= 4 is 24.3 Å². The largest absolute Gasteiger partial charge is 0.491 e. The molecular formula is C27H43N3O4. The second-order valence-electron chi connectivity index (χ2n) is 8.18. The van der Waals surface area contributed by atoms with Crippen molar-refractivity contribution in [2.75, 3.05) is 19.4 Å². The Kier molecular flexibility index (Phi) is 16.9. The molecule has 4 N–H and O–H groups in total. The number of carbonyl (C=O) groups excluding carboxylic acids is 3. The summed E-state index contributed by atoms with van der Waals surface area (Å²) in [6, 6.07) is 6.33. The van der Waals surface area contributed by atoms with E-state index >= 15 is 0 Å². The molecule has 2 amide bonds. The first-order valence-corrected chi connectivity index (χ1v) is 12.0. The second-order valence-corrected chi connectivity index (χ2v) is 8.18. The maximum absolute atomic E-state index is 11.3. The molecule has 34 heavy (non-hydrogen) atoms. The lowest BCUT2D eigenvalue weighted by molar-refractivity contribution is -0.128. The molecule has 1 aromatic rings. The van der Waals surface area contributed by atoms with E-state index in [0.29, 0.717) is 12.5 Å². The van der Waals surface area contributed by atoms with Crippen molar-refractivity contribution in [1.82, 2.24) is 10.6 Å². The fraction of sp³-hybridized carbons (Fsp3) is 0.519. The number of rotatable bonds is 10. The smallest absolute Gasteiger partial charge is 0.253 e. The predicted octanol–water partition coefficient (Wildman–Crippen LogP) is 4.89. The molecule has 7 nitrogen and oxygen atoms in total. The lowest BCUT2D eigenvalue weighted by Gasteiger charge is -2.14. The van der Waals surface area contributed by atoms with Crippen LogP contribution in [0.1, 0.15) is 76.8 Å². The van der Waals surface area contributed by atoms with Gasteiger partial charge in [-0.25, -0.2) is 0 Å². The number of amides is 2. The molecule has 190 valence electrons. The normalized spacial score (nSPS) is 15.1. The maximum Gasteiger partial charge on any atom is 0.253 e. The summed E-state index contributed by atoms with van der Waals surface area (Å²) in [6.45, 7) is 13.1. The van der Waals surface area contributed by atoms with E-state index in [-0.39, 0.29) is 11.8 Å². The Morgan fingerprint density at radius 1 is 1.18 bits per heavy atom. The fourth-order valence-electron chi connectivity index (χ4n) is 3.13. The number of ether oxygens (including phenoxy) is 1. The van der Waals surface area contributed by atoms with Gasteiger partial charge in [0.15, 0.2) is 0 Å². The second kappa shape index (κ2) is 18.5. The van der Waals surface area contributed by atoms with Gasteiger partial charge in [-0.3, -0.25) is 14.9 Å². The van der Waals surface area contributed by atoms with Crippen LogP contribution in [0.25, 0.3) is 0 Å². The number of imide groups is 1. The number of benzene rings is 1. The van der Waals surface area contributed by atoms with Gasteiger partial charge in [0.25, 0.3) is 5.91 Å². The first kappa shape index (κ1) is 31.1. The van der Waals surface area contributed by atoms with Crippen LogP contribution in [-0.4, -0.2) is 32.3 Å². The highest BCUT2D eigenvalue weighted by Gasteiger charge is 2.22. The predicted molar refractivity (Wildman–Crippen MR) is 140 cm³/mol. The molecule has 0 bridgehead atoms. The molecule has 3 rings (SSSR count). The van der Waals surface area contributed by atoms with Gasteiger partial charge >= 0.3 is 0 Å². The first-order chi connectivity index (χ1) is 16.4. The van der Waals surface area contributed by atoms with Gasteiger partial charge in [-0.2, -0.15) is 0 Å². The Labute approximate surface area is 205 Å². The van der Waals surface area contributed by atoms with E-state index in [1.807, 2.05) is 32.0 Å². The highest BCUT2D eigenvalue weighted by atomic mass is 16.5. The summed E-state index contributed by atoms with van der Waals surface area (Å²) in [5.41, 5.74) is 8.61. The average molecular weight is 474 g/mol. The van der Waals surface area contributed by atoms with Gasteiger partial charge < -0.3 is 20.6 Å². The zero-order valence-electron chi connectivity index (χ0n) is 21.2. The lowest BCUT2D eigenvalue weighted by Crippen LogP contribution is -2.34. The number of carbonyl (C=O) groups is 3. The third-order valence-corrected chi connectivity index (χ3v) is 5.52. The summed E-state index contributed by atoms with van der Waals surface area (Å²) in [5, 5.41) is 5.53. The van der Waals surface area contributed by atoms with Crippen molar-refractivity contribution in [2.24, 2.45) is 5.92 Å². The topological polar surface area (TPSA) is 111 Å². The summed E-state index contributed by atoms with van der Waals surface area (Å²) in [6.07, 6.45) is 10.1. The van der Waals surface area contributed by atoms with E-state index in [1.54, 1.807) is 6.08 Å². The molecule has 0 radical (unpaired) electrons. The molecule has 0 unspecified atom stereocenters. The number of unbranched alkanes of at least 4 members (excludes halogenated alkanes) is 3. The standard InChI is InChI=1S/C13H20N2O.C11H17NO2.C2H4.CH2O/c1-9(15-2)11-5-6-12(14)13(7-11)16-8-10-3-4-10;1-2-3-4-5-6-9-7-8-10(13)12-11(9)14;2*1-2/h5-7,9-10,15H,3-4,8,14H2,1-2H3;7H,2-6,8H2,1H3,(H,12,13,14);1-2H2;1H2/t9-;;;/m1.../s1. The average Bonchev–Trinajstić information content (AvgIpc) is 3.69. The minimum atomic E-state index is -0.197. The zero-order valence-corrected chi connectivity index (χ0v) is 21.2. The van der Waals surface area contributed by atoms with Gasteiger partial charge in [-0.15, -0.1) is 13.2 Å². The third-order valence-electron chi connectivity index (χ3n) is 5.52. The zero-order chi connectivity index (χ0) is 25.9. The van der Waals surface area contributed by atoms with Crippen LogP contribution >= 0.6 is 0 Å². The summed E-state index contributed by atoms with van der Waals surface area (Å²) < 4.78 is 5.74. The molecular weight excluding hydrogens is 430 g/mol. The van der Waals surface area contributed by atoms with Crippen LogP contribution in [0, 0.1) is 5.92 Å². The molecule has 0 spiro atoms. The third kappa shape index (κ3) is 12.3. The van der Waals surface area contributed by atoms with E-state index in [1.165, 1.54) is 31.2 Å². The van der Waals surface area contributed by atoms with Crippen LogP contribution in [0.4, 0.5) is 5.69 Å². The maximum atomic E-state index is 11.3. The van der Waals surface area contributed by atoms with Gasteiger partial charge in [0.05, 0.1) is 12.3 Å². The fourth-order valence-corrected chi connectivity index (χ4v) is 3.13. The summed E-state index contributed by atoms with van der Waals surface area (Å²) in [4.78, 5) is 30.1. The molecule has 2 aliphatic rings. The molecule has 1 fully saturated rings. The van der Waals surface area contributed by atoms with Gasteiger partial charge in [0.2, 0.25) is 5.91 Å². The van der Waals surface area contributed by atoms with E-state index in [9.17, 15) is 9.59 Å². The Morgan fingerprint density at radius 2 is 1.85 bits per heavy atom. The van der Waals surface area contributed by atoms with Crippen LogP contribution in [-0.2, 0) is 14.4 Å². The van der Waals surface area contributed by atoms with Gasteiger partial charge in [0, 0.05) is 18.0 Å². The molecule has 1 atom stereocenters. The van der Waals surface area contributed by atoms with Crippen LogP contribution in [0.5, 0.6) is 5.75 Å². The minimum absolute atomic E-state index is 0.188. The van der Waals surface area contributed by atoms with Crippen molar-refractivity contribution in [3.05, 3.63) is 48.6 Å². The number of nitrogens with two attached hydrogens (primary N) is 1. The Hall–Kier alpha value is -2.93. The molecule has 7 heteroatoms. The molecule has 1 heterocycles. The van der Waals surface area contributed by atoms with E-state index < -0.39 is 0 Å². The minimum Gasteiger partial charge on any atom is -0.491 e. The van der Waals surface area contributed by atoms with E-state index in [2.05, 4.69) is 37.6 Å². The molecule has 0 aromatic heterocycles. The van der Waals surface area contributed by atoms with E-state index in [0.717, 1.165) is 48.8 Å². The van der Waals surface area contributed by atoms with Crippen molar-refractivity contribution in [2.45, 2.75) is 71.3 Å². The van der Waals surface area contributed by atoms with Gasteiger partial charge in [-0.1, -0.05) is 38.3 Å². The Morgan fingerprint density at radius 3 is 2.41 bits per heavy atom. The van der Waals surface area contributed by atoms with Crippen LogP contribution in [0.2, 0.25) is 0 Å². The van der Waals surface area contributed by atoms with Crippen molar-refractivity contribution in [1.29, 1.82) is 0 Å². The molecule has 1 aliphatic heterocycles. The summed E-state index contributed by atoms with van der Waals surface area (Å²) in [7, 11) is 1.95. The summed E-state index contributed by atoms with van der Waals surface area (Å²) >= 11 is 0. The molecule has 1 saturated carbocycles. The summed E-state index contributed by atoms with van der Waals surface area (Å²) in [5.74, 6) is 1.20. The first-order valence-electron chi connectivity index (χ1n) is 12.0. The number of nitrogen functional groups attached to an aromatic ring is 1. The van der Waals surface area contributed by atoms with Crippen LogP contribution in [0.15, 0.2) is 43.0 Å². The molecule has 1 aliphatic carbocycles. The van der Waals surface area contributed by atoms with Crippen LogP contribution < -0.4 is 21.1 Å². The van der Waals surface area contributed by atoms with E-state index in [4.69, 9.17) is 15.3 Å². The number of hydrogen-bond acceptors (Lipinski definition) is 6. The van der Waals surface area contributed by atoms with Gasteiger partial charge in [-0.05, 0) is 63.3 Å². The highest BCUT2D eigenvalue weighted by molar-refractivity contribution is 6.07. The molecule has 0 saturated heterocycles. The quantitative estimate of drug-likeness (QED) is 0.193. The number of hydrogen-bond donors (Lipinski definition) is 3. The Bertz CT molecular complexity index is 773. The highest BCUT2D eigenvalue weighted by Crippen LogP contribution is 2.32. The monoisotopic (exact) mass is 473 g/mol. The SMILES string of the molecule is C=C.C=O.CCCCCCC1=CCC(=O)NC1=O.CN[C@H](C)c1ccc(N)c(OCC2CC2)c1. The Balaban J connectivity index is 0.000000563. The number of nitrogens with one attached hydrogen (secondary N) is 2.